The first kappa shape index (κ1) is 18.0. The highest BCUT2D eigenvalue weighted by Gasteiger charge is 2.36. The predicted octanol–water partition coefficient (Wildman–Crippen LogP) is 4.53. The molecule has 0 spiro atoms. The second-order valence-electron chi connectivity index (χ2n) is 8.09. The van der Waals surface area contributed by atoms with Crippen LogP contribution in [0.3, 0.4) is 0 Å². The van der Waals surface area contributed by atoms with Crippen LogP contribution in [0.1, 0.15) is 74.7 Å². The van der Waals surface area contributed by atoms with Crippen LogP contribution in [0.5, 0.6) is 0 Å². The van der Waals surface area contributed by atoms with E-state index in [9.17, 15) is 9.59 Å². The number of carbonyl (C=O) groups excluding carboxylic acids is 2. The number of rotatable bonds is 3. The summed E-state index contributed by atoms with van der Waals surface area (Å²) in [6.45, 7) is 6.99. The minimum Gasteiger partial charge on any atom is -0.336 e. The van der Waals surface area contributed by atoms with Crippen molar-refractivity contribution < 1.29 is 9.59 Å². The lowest BCUT2D eigenvalue weighted by Crippen LogP contribution is -2.42. The Hall–Kier alpha value is -1.84. The third-order valence-electron chi connectivity index (χ3n) is 6.04. The molecule has 0 bridgehead atoms. The van der Waals surface area contributed by atoms with E-state index in [0.29, 0.717) is 6.04 Å². The average molecular weight is 342 g/mol. The van der Waals surface area contributed by atoms with Crippen molar-refractivity contribution in [2.75, 3.05) is 11.9 Å². The van der Waals surface area contributed by atoms with Gasteiger partial charge >= 0.3 is 0 Å². The van der Waals surface area contributed by atoms with Crippen molar-refractivity contribution in [1.82, 2.24) is 4.90 Å². The smallest absolute Gasteiger partial charge is 0.254 e. The molecule has 4 nitrogen and oxygen atoms in total. The fraction of sp³-hybridized carbons (Fsp3) is 0.619. The number of anilines is 1. The molecule has 4 heteroatoms. The van der Waals surface area contributed by atoms with E-state index in [2.05, 4.69) is 19.2 Å². The lowest BCUT2D eigenvalue weighted by atomic mass is 9.87. The second-order valence-corrected chi connectivity index (χ2v) is 8.09. The van der Waals surface area contributed by atoms with Crippen molar-refractivity contribution in [2.45, 2.75) is 71.8 Å². The fourth-order valence-electron chi connectivity index (χ4n) is 4.16. The Labute approximate surface area is 151 Å². The van der Waals surface area contributed by atoms with E-state index in [1.54, 1.807) is 0 Å². The van der Waals surface area contributed by atoms with Gasteiger partial charge in [-0.2, -0.15) is 0 Å². The van der Waals surface area contributed by atoms with Gasteiger partial charge in [0.2, 0.25) is 5.91 Å². The molecule has 3 rings (SSSR count). The van der Waals surface area contributed by atoms with Crippen LogP contribution < -0.4 is 5.32 Å². The van der Waals surface area contributed by atoms with Crippen LogP contribution in [-0.2, 0) is 4.79 Å². The van der Waals surface area contributed by atoms with Gasteiger partial charge in [-0.1, -0.05) is 19.8 Å². The number of carbonyl (C=O) groups is 2. The summed E-state index contributed by atoms with van der Waals surface area (Å²) in [7, 11) is 0. The first-order valence-electron chi connectivity index (χ1n) is 9.64. The fourth-order valence-corrected chi connectivity index (χ4v) is 4.16. The van der Waals surface area contributed by atoms with Gasteiger partial charge < -0.3 is 10.2 Å². The van der Waals surface area contributed by atoms with Crippen molar-refractivity contribution in [1.29, 1.82) is 0 Å². The molecule has 25 heavy (non-hydrogen) atoms. The number of benzene rings is 1. The Bertz CT molecular complexity index is 662. The molecule has 1 N–H and O–H groups in total. The van der Waals surface area contributed by atoms with Crippen molar-refractivity contribution in [3.05, 3.63) is 29.3 Å². The molecule has 1 saturated carbocycles. The van der Waals surface area contributed by atoms with Crippen molar-refractivity contribution in [2.24, 2.45) is 5.41 Å². The van der Waals surface area contributed by atoms with Gasteiger partial charge in [0.1, 0.15) is 0 Å². The van der Waals surface area contributed by atoms with Gasteiger partial charge in [-0.25, -0.2) is 0 Å². The van der Waals surface area contributed by atoms with Crippen molar-refractivity contribution >= 4 is 17.5 Å². The number of hydrogen-bond donors (Lipinski definition) is 1. The minimum atomic E-state index is -0.246. The van der Waals surface area contributed by atoms with Gasteiger partial charge in [-0.05, 0) is 69.7 Å². The van der Waals surface area contributed by atoms with Crippen molar-refractivity contribution in [3.8, 4) is 0 Å². The molecule has 2 amide bonds. The van der Waals surface area contributed by atoms with Gasteiger partial charge in [0.05, 0.1) is 0 Å². The number of likely N-dealkylation sites (tertiary alicyclic amines) is 1. The Morgan fingerprint density at radius 1 is 1.16 bits per heavy atom. The molecule has 1 atom stereocenters. The molecule has 1 heterocycles. The van der Waals surface area contributed by atoms with E-state index in [0.717, 1.165) is 61.9 Å². The number of hydrogen-bond acceptors (Lipinski definition) is 2. The highest BCUT2D eigenvalue weighted by molar-refractivity contribution is 5.98. The zero-order valence-electron chi connectivity index (χ0n) is 15.7. The third kappa shape index (κ3) is 3.73. The molecule has 1 aromatic carbocycles. The van der Waals surface area contributed by atoms with E-state index < -0.39 is 0 Å². The topological polar surface area (TPSA) is 49.4 Å². The number of nitrogens with one attached hydrogen (secondary N) is 1. The second kappa shape index (κ2) is 7.19. The Balaban J connectivity index is 1.72. The molecule has 1 unspecified atom stereocenters. The molecule has 2 fully saturated rings. The summed E-state index contributed by atoms with van der Waals surface area (Å²) in [5.41, 5.74) is 2.24. The maximum Gasteiger partial charge on any atom is 0.254 e. The van der Waals surface area contributed by atoms with E-state index >= 15 is 0 Å². The van der Waals surface area contributed by atoms with Crippen LogP contribution >= 0.6 is 0 Å². The molecule has 0 radical (unpaired) electrons. The number of nitrogens with zero attached hydrogens (tertiary/aromatic N) is 1. The maximum absolute atomic E-state index is 12.8. The van der Waals surface area contributed by atoms with E-state index in [1.807, 2.05) is 30.0 Å². The molecule has 1 saturated heterocycles. The minimum absolute atomic E-state index is 0.107. The van der Waals surface area contributed by atoms with Crippen LogP contribution in [0.4, 0.5) is 5.69 Å². The predicted molar refractivity (Wildman–Crippen MR) is 101 cm³/mol. The van der Waals surface area contributed by atoms with Crippen molar-refractivity contribution in [3.63, 3.8) is 0 Å². The van der Waals surface area contributed by atoms with Crippen LogP contribution in [-0.4, -0.2) is 29.3 Å². The number of aryl methyl sites for hydroxylation is 1. The Kier molecular flexibility index (Phi) is 5.16. The summed E-state index contributed by atoms with van der Waals surface area (Å²) in [5, 5.41) is 3.08. The molecule has 1 aromatic rings. The van der Waals surface area contributed by atoms with E-state index in [-0.39, 0.29) is 17.2 Å². The highest BCUT2D eigenvalue weighted by Crippen LogP contribution is 2.38. The van der Waals surface area contributed by atoms with E-state index in [4.69, 9.17) is 0 Å². The van der Waals surface area contributed by atoms with Crippen LogP contribution in [0.25, 0.3) is 0 Å². The number of amides is 2. The zero-order valence-corrected chi connectivity index (χ0v) is 15.7. The first-order chi connectivity index (χ1) is 11.9. The molecular weight excluding hydrogens is 312 g/mol. The quantitative estimate of drug-likeness (QED) is 0.877. The summed E-state index contributed by atoms with van der Waals surface area (Å²) < 4.78 is 0. The number of piperidine rings is 1. The third-order valence-corrected chi connectivity index (χ3v) is 6.04. The Morgan fingerprint density at radius 2 is 1.88 bits per heavy atom. The normalized spacial score (nSPS) is 22.7. The lowest BCUT2D eigenvalue weighted by Gasteiger charge is -2.33. The maximum atomic E-state index is 12.8. The molecule has 0 aromatic heterocycles. The summed E-state index contributed by atoms with van der Waals surface area (Å²) in [6.07, 6.45) is 7.55. The molecule has 2 aliphatic rings. The first-order valence-corrected chi connectivity index (χ1v) is 9.64. The highest BCUT2D eigenvalue weighted by atomic mass is 16.2. The Morgan fingerprint density at radius 3 is 2.52 bits per heavy atom. The molecule has 1 aliphatic heterocycles. The SMILES string of the molecule is Cc1cc(C(=O)N2CCCCC2C)ccc1NC(=O)C1(C)CCCC1. The van der Waals surface area contributed by atoms with Crippen LogP contribution in [0.2, 0.25) is 0 Å². The summed E-state index contributed by atoms with van der Waals surface area (Å²) >= 11 is 0. The lowest BCUT2D eigenvalue weighted by molar-refractivity contribution is -0.124. The zero-order chi connectivity index (χ0) is 18.0. The average Bonchev–Trinajstić information content (AvgIpc) is 3.04. The van der Waals surface area contributed by atoms with Crippen LogP contribution in [0.15, 0.2) is 18.2 Å². The van der Waals surface area contributed by atoms with Gasteiger partial charge in [0, 0.05) is 29.3 Å². The molecule has 136 valence electrons. The summed E-state index contributed by atoms with van der Waals surface area (Å²) in [6, 6.07) is 5.95. The summed E-state index contributed by atoms with van der Waals surface area (Å²) in [4.78, 5) is 27.4. The largest absolute Gasteiger partial charge is 0.336 e. The van der Waals surface area contributed by atoms with Gasteiger partial charge in [-0.15, -0.1) is 0 Å². The standard InChI is InChI=1S/C21H30N2O2/c1-15-14-17(19(24)23-13-7-4-8-16(23)2)9-10-18(15)22-20(25)21(3)11-5-6-12-21/h9-10,14,16H,4-8,11-13H2,1-3H3,(H,22,25). The van der Waals surface area contributed by atoms with Gasteiger partial charge in [0.25, 0.3) is 5.91 Å². The molecule has 1 aliphatic carbocycles. The monoisotopic (exact) mass is 342 g/mol. The van der Waals surface area contributed by atoms with Crippen LogP contribution in [0, 0.1) is 12.3 Å². The van der Waals surface area contributed by atoms with Gasteiger partial charge in [-0.3, -0.25) is 9.59 Å². The molecular formula is C21H30N2O2. The van der Waals surface area contributed by atoms with Gasteiger partial charge in [0.15, 0.2) is 0 Å². The van der Waals surface area contributed by atoms with E-state index in [1.165, 1.54) is 6.42 Å². The summed E-state index contributed by atoms with van der Waals surface area (Å²) in [5.74, 6) is 0.216.